The number of likely N-dealkylation sites (N-methyl/N-ethyl adjacent to an activating group) is 1. The first-order valence-corrected chi connectivity index (χ1v) is 6.91. The van der Waals surface area contributed by atoms with Crippen molar-refractivity contribution >= 4 is 27.9 Å². The number of nitrogens with two attached hydrogens (primary N) is 1. The van der Waals surface area contributed by atoms with Gasteiger partial charge in [-0.25, -0.2) is 4.79 Å². The van der Waals surface area contributed by atoms with Crippen molar-refractivity contribution in [2.75, 3.05) is 7.05 Å². The maximum absolute atomic E-state index is 12.0. The predicted molar refractivity (Wildman–Crippen MR) is 80.1 cm³/mol. The second-order valence-corrected chi connectivity index (χ2v) is 6.37. The van der Waals surface area contributed by atoms with Crippen LogP contribution in [0.15, 0.2) is 28.7 Å². The number of nitrogens with zero attached hydrogens (tertiary/aromatic N) is 1. The molecule has 0 bridgehead atoms. The highest BCUT2D eigenvalue weighted by molar-refractivity contribution is 9.10. The lowest BCUT2D eigenvalue weighted by molar-refractivity contribution is -0.123. The van der Waals surface area contributed by atoms with Gasteiger partial charge in [-0.15, -0.1) is 0 Å². The number of rotatable bonds is 3. The molecule has 110 valence electrons. The summed E-state index contributed by atoms with van der Waals surface area (Å²) in [6.07, 6.45) is -0.596. The fourth-order valence-corrected chi connectivity index (χ4v) is 2.11. The molecule has 0 unspecified atom stereocenters. The lowest BCUT2D eigenvalue weighted by Crippen LogP contribution is -2.41. The molecule has 0 aliphatic heterocycles. The first-order valence-electron chi connectivity index (χ1n) is 6.12. The molecule has 1 aromatic rings. The van der Waals surface area contributed by atoms with Crippen LogP contribution in [0.1, 0.15) is 32.4 Å². The van der Waals surface area contributed by atoms with Crippen molar-refractivity contribution in [2.24, 2.45) is 5.73 Å². The summed E-state index contributed by atoms with van der Waals surface area (Å²) in [6, 6.07) is 6.22. The van der Waals surface area contributed by atoms with Gasteiger partial charge in [-0.3, -0.25) is 9.69 Å². The van der Waals surface area contributed by atoms with E-state index in [9.17, 15) is 9.59 Å². The Bertz CT molecular complexity index is 511. The summed E-state index contributed by atoms with van der Waals surface area (Å²) < 4.78 is 6.05. The van der Waals surface area contributed by atoms with Crippen molar-refractivity contribution in [1.82, 2.24) is 4.90 Å². The van der Waals surface area contributed by atoms with E-state index in [1.165, 1.54) is 11.9 Å². The minimum absolute atomic E-state index is 0.596. The zero-order valence-electron chi connectivity index (χ0n) is 12.0. The molecule has 0 aliphatic rings. The van der Waals surface area contributed by atoms with Gasteiger partial charge in [0.1, 0.15) is 11.6 Å². The molecule has 0 aromatic heterocycles. The summed E-state index contributed by atoms with van der Waals surface area (Å²) in [5.74, 6) is -0.614. The minimum Gasteiger partial charge on any atom is -0.444 e. The van der Waals surface area contributed by atoms with Gasteiger partial charge in [0.2, 0.25) is 5.91 Å². The number of primary amides is 1. The van der Waals surface area contributed by atoms with Crippen molar-refractivity contribution in [1.29, 1.82) is 0 Å². The van der Waals surface area contributed by atoms with Gasteiger partial charge in [-0.1, -0.05) is 28.1 Å². The van der Waals surface area contributed by atoms with Crippen LogP contribution in [0.2, 0.25) is 0 Å². The van der Waals surface area contributed by atoms with E-state index in [-0.39, 0.29) is 0 Å². The number of hydrogen-bond acceptors (Lipinski definition) is 3. The summed E-state index contributed by atoms with van der Waals surface area (Å²) in [4.78, 5) is 24.9. The molecular formula is C14H19BrN2O3. The van der Waals surface area contributed by atoms with Gasteiger partial charge >= 0.3 is 6.09 Å². The van der Waals surface area contributed by atoms with Crippen LogP contribution in [0, 0.1) is 0 Å². The molecule has 0 heterocycles. The number of halogens is 1. The summed E-state index contributed by atoms with van der Waals surface area (Å²) in [6.45, 7) is 5.28. The Labute approximate surface area is 127 Å². The number of hydrogen-bond donors (Lipinski definition) is 1. The van der Waals surface area contributed by atoms with Crippen LogP contribution in [0.25, 0.3) is 0 Å². The van der Waals surface area contributed by atoms with E-state index in [0.717, 1.165) is 4.47 Å². The lowest BCUT2D eigenvalue weighted by Gasteiger charge is -2.29. The normalized spacial score (nSPS) is 12.7. The van der Waals surface area contributed by atoms with E-state index in [1.54, 1.807) is 39.0 Å². The molecule has 0 saturated carbocycles. The fourth-order valence-electron chi connectivity index (χ4n) is 1.69. The summed E-state index contributed by atoms with van der Waals surface area (Å²) in [5, 5.41) is 0. The Kier molecular flexibility index (Phi) is 5.16. The van der Waals surface area contributed by atoms with Crippen LogP contribution in [0.3, 0.4) is 0 Å². The Morgan fingerprint density at radius 1 is 1.35 bits per heavy atom. The number of amides is 2. The molecule has 2 N–H and O–H groups in total. The standard InChI is InChI=1S/C14H19BrN2O3/c1-14(2,3)20-13(19)17(4)11(12(16)18)9-6-5-7-10(15)8-9/h5-8,11H,1-4H3,(H2,16,18)/t11-/m1/s1. The van der Waals surface area contributed by atoms with Crippen LogP contribution in [0.5, 0.6) is 0 Å². The molecule has 1 atom stereocenters. The molecule has 1 aromatic carbocycles. The van der Waals surface area contributed by atoms with Crippen molar-refractivity contribution < 1.29 is 14.3 Å². The second-order valence-electron chi connectivity index (χ2n) is 5.45. The largest absolute Gasteiger partial charge is 0.444 e. The highest BCUT2D eigenvalue weighted by Gasteiger charge is 2.30. The summed E-state index contributed by atoms with van der Waals surface area (Å²) >= 11 is 3.33. The van der Waals surface area contributed by atoms with Crippen molar-refractivity contribution in [3.63, 3.8) is 0 Å². The van der Waals surface area contributed by atoms with Gasteiger partial charge in [0.25, 0.3) is 0 Å². The zero-order valence-corrected chi connectivity index (χ0v) is 13.6. The van der Waals surface area contributed by atoms with Crippen LogP contribution < -0.4 is 5.73 Å². The quantitative estimate of drug-likeness (QED) is 0.917. The van der Waals surface area contributed by atoms with E-state index in [4.69, 9.17) is 10.5 Å². The van der Waals surface area contributed by atoms with E-state index in [2.05, 4.69) is 15.9 Å². The highest BCUT2D eigenvalue weighted by Crippen LogP contribution is 2.24. The maximum atomic E-state index is 12.0. The number of benzene rings is 1. The molecule has 0 spiro atoms. The predicted octanol–water partition coefficient (Wildman–Crippen LogP) is 2.84. The molecule has 5 nitrogen and oxygen atoms in total. The molecule has 0 aliphatic carbocycles. The zero-order chi connectivity index (χ0) is 15.5. The third kappa shape index (κ3) is 4.52. The maximum Gasteiger partial charge on any atom is 0.410 e. The molecule has 2 amide bonds. The van der Waals surface area contributed by atoms with Gasteiger partial charge in [-0.2, -0.15) is 0 Å². The van der Waals surface area contributed by atoms with Gasteiger partial charge < -0.3 is 10.5 Å². The topological polar surface area (TPSA) is 72.6 Å². The highest BCUT2D eigenvalue weighted by atomic mass is 79.9. The van der Waals surface area contributed by atoms with Gasteiger partial charge in [-0.05, 0) is 38.5 Å². The minimum atomic E-state index is -0.873. The Hall–Kier alpha value is -1.56. The fraction of sp³-hybridized carbons (Fsp3) is 0.429. The van der Waals surface area contributed by atoms with E-state index >= 15 is 0 Å². The van der Waals surface area contributed by atoms with Crippen molar-refractivity contribution in [2.45, 2.75) is 32.4 Å². The van der Waals surface area contributed by atoms with Gasteiger partial charge in [0.15, 0.2) is 0 Å². The number of carbonyl (C=O) groups excluding carboxylic acids is 2. The van der Waals surface area contributed by atoms with Crippen molar-refractivity contribution in [3.05, 3.63) is 34.3 Å². The van der Waals surface area contributed by atoms with Crippen molar-refractivity contribution in [3.8, 4) is 0 Å². The Balaban J connectivity index is 3.03. The Morgan fingerprint density at radius 2 is 1.95 bits per heavy atom. The number of ether oxygens (including phenoxy) is 1. The van der Waals surface area contributed by atoms with Gasteiger partial charge in [0, 0.05) is 11.5 Å². The van der Waals surface area contributed by atoms with Gasteiger partial charge in [0.05, 0.1) is 0 Å². The molecule has 0 radical (unpaired) electrons. The molecule has 0 saturated heterocycles. The first kappa shape index (κ1) is 16.5. The first-order chi connectivity index (χ1) is 9.11. The molecule has 20 heavy (non-hydrogen) atoms. The average Bonchev–Trinajstić information content (AvgIpc) is 2.26. The SMILES string of the molecule is CN(C(=O)OC(C)(C)C)[C@@H](C(N)=O)c1cccc(Br)c1. The third-order valence-electron chi connectivity index (χ3n) is 2.50. The Morgan fingerprint density at radius 3 is 2.40 bits per heavy atom. The van der Waals surface area contributed by atoms with Crippen LogP contribution in [-0.2, 0) is 9.53 Å². The molecule has 1 rings (SSSR count). The number of carbonyl (C=O) groups is 2. The average molecular weight is 343 g/mol. The van der Waals surface area contributed by atoms with Crippen LogP contribution in [0.4, 0.5) is 4.79 Å². The molecular weight excluding hydrogens is 324 g/mol. The van der Waals surface area contributed by atoms with E-state index in [1.807, 2.05) is 6.07 Å². The van der Waals surface area contributed by atoms with Crippen LogP contribution in [-0.4, -0.2) is 29.5 Å². The van der Waals surface area contributed by atoms with Crippen LogP contribution >= 0.6 is 15.9 Å². The van der Waals surface area contributed by atoms with E-state index in [0.29, 0.717) is 5.56 Å². The smallest absolute Gasteiger partial charge is 0.410 e. The molecule has 0 fully saturated rings. The summed E-state index contributed by atoms with van der Waals surface area (Å²) in [7, 11) is 1.49. The second kappa shape index (κ2) is 6.26. The van der Waals surface area contributed by atoms with E-state index < -0.39 is 23.6 Å². The monoisotopic (exact) mass is 342 g/mol. The molecule has 6 heteroatoms. The third-order valence-corrected chi connectivity index (χ3v) is 3.00. The summed E-state index contributed by atoms with van der Waals surface area (Å²) in [5.41, 5.74) is 5.41. The lowest BCUT2D eigenvalue weighted by atomic mass is 10.1.